The van der Waals surface area contributed by atoms with Crippen molar-refractivity contribution >= 4 is 5.96 Å². The van der Waals surface area contributed by atoms with Crippen molar-refractivity contribution in [1.82, 2.24) is 25.2 Å². The van der Waals surface area contributed by atoms with E-state index in [2.05, 4.69) is 27.5 Å². The number of pyridine rings is 1. The van der Waals surface area contributed by atoms with Crippen molar-refractivity contribution in [2.45, 2.75) is 51.0 Å². The van der Waals surface area contributed by atoms with Gasteiger partial charge in [0.2, 0.25) is 0 Å². The van der Waals surface area contributed by atoms with Crippen LogP contribution in [-0.4, -0.2) is 45.3 Å². The molecule has 2 saturated heterocycles. The monoisotopic (exact) mass is 340 g/mol. The molecule has 2 aliphatic heterocycles. The molecule has 7 heteroatoms. The molecular formula is C18H24N6O. The highest BCUT2D eigenvalue weighted by Gasteiger charge is 2.41. The van der Waals surface area contributed by atoms with Crippen molar-refractivity contribution in [1.29, 1.82) is 0 Å². The Morgan fingerprint density at radius 1 is 1.40 bits per heavy atom. The fourth-order valence-corrected chi connectivity index (χ4v) is 3.55. The van der Waals surface area contributed by atoms with E-state index in [1.54, 1.807) is 12.5 Å². The van der Waals surface area contributed by atoms with Gasteiger partial charge in [0.1, 0.15) is 12.1 Å². The highest BCUT2D eigenvalue weighted by atomic mass is 16.5. The molecule has 0 aliphatic carbocycles. The maximum atomic E-state index is 5.92. The predicted octanol–water partition coefficient (Wildman–Crippen LogP) is 1.64. The van der Waals surface area contributed by atoms with Crippen LogP contribution in [-0.2, 0) is 11.3 Å². The molecule has 0 saturated carbocycles. The van der Waals surface area contributed by atoms with Crippen LogP contribution in [0, 0.1) is 0 Å². The number of hydrogen-bond donors (Lipinski definition) is 2. The maximum absolute atomic E-state index is 5.92. The van der Waals surface area contributed by atoms with Gasteiger partial charge in [-0.25, -0.2) is 15.0 Å². The average Bonchev–Trinajstić information content (AvgIpc) is 3.38. The first-order valence-corrected chi connectivity index (χ1v) is 8.95. The van der Waals surface area contributed by atoms with Gasteiger partial charge in [-0.2, -0.15) is 0 Å². The molecule has 0 spiro atoms. The van der Waals surface area contributed by atoms with E-state index in [9.17, 15) is 0 Å². The number of fused-ring (bicyclic) bond motifs is 2. The molecule has 3 atom stereocenters. The number of ether oxygens (including phenoxy) is 1. The Labute approximate surface area is 147 Å². The van der Waals surface area contributed by atoms with E-state index in [1.165, 1.54) is 6.42 Å². The summed E-state index contributed by atoms with van der Waals surface area (Å²) in [6, 6.07) is 4.40. The number of guanidine groups is 1. The van der Waals surface area contributed by atoms with Gasteiger partial charge < -0.3 is 15.4 Å². The molecule has 2 aromatic heterocycles. The number of hydrogen-bond acceptors (Lipinski definition) is 4. The lowest BCUT2D eigenvalue weighted by atomic mass is 9.96. The van der Waals surface area contributed by atoms with Crippen molar-refractivity contribution in [2.24, 2.45) is 4.99 Å². The Morgan fingerprint density at radius 3 is 3.08 bits per heavy atom. The van der Waals surface area contributed by atoms with Crippen LogP contribution < -0.4 is 10.6 Å². The van der Waals surface area contributed by atoms with E-state index < -0.39 is 0 Å². The summed E-state index contributed by atoms with van der Waals surface area (Å²) in [6.07, 6.45) is 11.4. The molecule has 7 nitrogen and oxygen atoms in total. The number of nitrogens with zero attached hydrogens (tertiary/aromatic N) is 4. The molecule has 25 heavy (non-hydrogen) atoms. The van der Waals surface area contributed by atoms with Crippen molar-refractivity contribution in [2.75, 3.05) is 6.54 Å². The standard InChI is InChI=1S/C18H24N6O/c1-2-20-18(23-15-10-14-3-4-16(15)25-14)22-11-13-5-6-21-17(9-13)24-8-7-19-12-24/h5-9,12,14-16H,2-4,10-11H2,1H3,(H2,20,22,23). The minimum Gasteiger partial charge on any atom is -0.373 e. The highest BCUT2D eigenvalue weighted by molar-refractivity contribution is 5.80. The summed E-state index contributed by atoms with van der Waals surface area (Å²) in [5.74, 6) is 1.70. The van der Waals surface area contributed by atoms with Gasteiger partial charge in [0.25, 0.3) is 0 Å². The van der Waals surface area contributed by atoms with Gasteiger partial charge in [-0.3, -0.25) is 4.57 Å². The second kappa shape index (κ2) is 7.23. The molecule has 2 bridgehead atoms. The van der Waals surface area contributed by atoms with Crippen LogP contribution in [0.1, 0.15) is 31.7 Å². The first kappa shape index (κ1) is 16.1. The number of aromatic nitrogens is 3. The first-order valence-electron chi connectivity index (χ1n) is 8.95. The van der Waals surface area contributed by atoms with Crippen LogP contribution in [0.3, 0.4) is 0 Å². The minimum atomic E-state index is 0.336. The molecule has 4 rings (SSSR count). The Kier molecular flexibility index (Phi) is 4.65. The SMILES string of the molecule is CCNC(=NCc1ccnc(-n2ccnc2)c1)NC1CC2CCC1O2. The van der Waals surface area contributed by atoms with Crippen molar-refractivity contribution in [3.63, 3.8) is 0 Å². The molecule has 4 heterocycles. The summed E-state index contributed by atoms with van der Waals surface area (Å²) in [6.45, 7) is 3.52. The Morgan fingerprint density at radius 2 is 2.36 bits per heavy atom. The number of aliphatic imine (C=N–C) groups is 1. The summed E-state index contributed by atoms with van der Waals surface area (Å²) in [5, 5.41) is 6.88. The fourth-order valence-electron chi connectivity index (χ4n) is 3.55. The highest BCUT2D eigenvalue weighted by Crippen LogP contribution is 2.34. The molecule has 2 fully saturated rings. The lowest BCUT2D eigenvalue weighted by Crippen LogP contribution is -2.47. The van der Waals surface area contributed by atoms with Gasteiger partial charge in [-0.1, -0.05) is 0 Å². The smallest absolute Gasteiger partial charge is 0.191 e. The van der Waals surface area contributed by atoms with Gasteiger partial charge in [0, 0.05) is 25.1 Å². The topological polar surface area (TPSA) is 76.4 Å². The van der Waals surface area contributed by atoms with Crippen LogP contribution in [0.4, 0.5) is 0 Å². The van der Waals surface area contributed by atoms with E-state index >= 15 is 0 Å². The number of imidazole rings is 1. The van der Waals surface area contributed by atoms with Crippen molar-refractivity contribution < 1.29 is 4.74 Å². The molecular weight excluding hydrogens is 316 g/mol. The molecule has 0 radical (unpaired) electrons. The maximum Gasteiger partial charge on any atom is 0.191 e. The summed E-state index contributed by atoms with van der Waals surface area (Å²) in [4.78, 5) is 13.2. The fraction of sp³-hybridized carbons (Fsp3) is 0.500. The lowest BCUT2D eigenvalue weighted by molar-refractivity contribution is 0.0992. The molecule has 0 aromatic carbocycles. The van der Waals surface area contributed by atoms with E-state index in [4.69, 9.17) is 9.73 Å². The molecule has 2 N–H and O–H groups in total. The van der Waals surface area contributed by atoms with Gasteiger partial charge >= 0.3 is 0 Å². The van der Waals surface area contributed by atoms with Crippen LogP contribution >= 0.6 is 0 Å². The minimum absolute atomic E-state index is 0.336. The zero-order chi connectivity index (χ0) is 17.1. The zero-order valence-electron chi connectivity index (χ0n) is 14.4. The summed E-state index contributed by atoms with van der Waals surface area (Å²) < 4.78 is 7.81. The first-order chi connectivity index (χ1) is 12.3. The van der Waals surface area contributed by atoms with Crippen LogP contribution in [0.15, 0.2) is 42.0 Å². The van der Waals surface area contributed by atoms with Crippen LogP contribution in [0.25, 0.3) is 5.82 Å². The molecule has 2 aromatic rings. The van der Waals surface area contributed by atoms with E-state index in [1.807, 2.05) is 29.1 Å². The second-order valence-corrected chi connectivity index (χ2v) is 6.55. The summed E-state index contributed by atoms with van der Waals surface area (Å²) >= 11 is 0. The summed E-state index contributed by atoms with van der Waals surface area (Å²) in [7, 11) is 0. The van der Waals surface area contributed by atoms with E-state index in [0.29, 0.717) is 24.8 Å². The largest absolute Gasteiger partial charge is 0.373 e. The Hall–Kier alpha value is -2.41. The Bertz CT molecular complexity index is 729. The normalized spacial score (nSPS) is 25.3. The van der Waals surface area contributed by atoms with Gasteiger partial charge in [-0.15, -0.1) is 0 Å². The molecule has 132 valence electrons. The van der Waals surface area contributed by atoms with E-state index in [-0.39, 0.29) is 0 Å². The van der Waals surface area contributed by atoms with Gasteiger partial charge in [0.15, 0.2) is 5.96 Å². The summed E-state index contributed by atoms with van der Waals surface area (Å²) in [5.41, 5.74) is 1.11. The van der Waals surface area contributed by atoms with Crippen LogP contribution in [0.5, 0.6) is 0 Å². The third kappa shape index (κ3) is 3.66. The van der Waals surface area contributed by atoms with Crippen molar-refractivity contribution in [3.05, 3.63) is 42.6 Å². The van der Waals surface area contributed by atoms with Gasteiger partial charge in [-0.05, 0) is 43.9 Å². The van der Waals surface area contributed by atoms with Gasteiger partial charge in [0.05, 0.1) is 24.8 Å². The molecule has 2 aliphatic rings. The second-order valence-electron chi connectivity index (χ2n) is 6.55. The third-order valence-corrected chi connectivity index (χ3v) is 4.77. The quantitative estimate of drug-likeness (QED) is 0.639. The van der Waals surface area contributed by atoms with E-state index in [0.717, 1.165) is 36.7 Å². The zero-order valence-corrected chi connectivity index (χ0v) is 14.4. The van der Waals surface area contributed by atoms with Crippen molar-refractivity contribution in [3.8, 4) is 5.82 Å². The molecule has 0 amide bonds. The predicted molar refractivity (Wildman–Crippen MR) is 95.6 cm³/mol. The average molecular weight is 340 g/mol. The number of rotatable bonds is 5. The third-order valence-electron chi connectivity index (χ3n) is 4.77. The number of nitrogens with one attached hydrogen (secondary N) is 2. The van der Waals surface area contributed by atoms with Crippen LogP contribution in [0.2, 0.25) is 0 Å². The molecule has 3 unspecified atom stereocenters. The lowest BCUT2D eigenvalue weighted by Gasteiger charge is -2.22. The Balaban J connectivity index is 1.43.